The second-order valence-corrected chi connectivity index (χ2v) is 5.40. The summed E-state index contributed by atoms with van der Waals surface area (Å²) in [5.74, 6) is -0.674. The van der Waals surface area contributed by atoms with Crippen LogP contribution in [0.4, 0.5) is 8.78 Å². The van der Waals surface area contributed by atoms with Gasteiger partial charge in [0.05, 0.1) is 11.4 Å². The summed E-state index contributed by atoms with van der Waals surface area (Å²) in [6.07, 6.45) is 5.71. The molecule has 0 saturated carbocycles. The fraction of sp³-hybridized carbons (Fsp3) is 0.158. The largest absolute Gasteiger partial charge is 0.291 e. The second kappa shape index (κ2) is 9.56. The zero-order chi connectivity index (χ0) is 18.1. The Balaban J connectivity index is 1.91. The summed E-state index contributed by atoms with van der Waals surface area (Å²) in [5.41, 5.74) is 6.60. The third kappa shape index (κ3) is 5.70. The van der Waals surface area contributed by atoms with Gasteiger partial charge in [0, 0.05) is 0 Å². The number of rotatable bonds is 8. The van der Waals surface area contributed by atoms with Crippen molar-refractivity contribution >= 4 is 11.4 Å². The van der Waals surface area contributed by atoms with Crippen LogP contribution in [0, 0.1) is 11.6 Å². The Morgan fingerprint density at radius 2 is 1.08 bits per heavy atom. The van der Waals surface area contributed by atoms with Gasteiger partial charge in [-0.2, -0.15) is 0 Å². The van der Waals surface area contributed by atoms with Gasteiger partial charge in [-0.1, -0.05) is 12.2 Å². The molecule has 0 aromatic heterocycles. The van der Waals surface area contributed by atoms with Crippen LogP contribution in [0.2, 0.25) is 0 Å². The van der Waals surface area contributed by atoms with Crippen LogP contribution in [0.5, 0.6) is 0 Å². The Bertz CT molecular complexity index is 663. The summed E-state index contributed by atoms with van der Waals surface area (Å²) < 4.78 is 25.8. The van der Waals surface area contributed by atoms with Crippen molar-refractivity contribution in [2.24, 2.45) is 0 Å². The zero-order valence-electron chi connectivity index (χ0n) is 13.5. The average molecular weight is 346 g/mol. The molecule has 4 nitrogen and oxygen atoms in total. The number of allylic oxidation sites excluding steroid dienone is 2. The van der Waals surface area contributed by atoms with Crippen molar-refractivity contribution in [1.82, 2.24) is 11.0 Å². The van der Waals surface area contributed by atoms with Crippen molar-refractivity contribution < 1.29 is 19.2 Å². The minimum absolute atomic E-state index is 0.337. The van der Waals surface area contributed by atoms with Gasteiger partial charge in [0.25, 0.3) is 0 Å². The van der Waals surface area contributed by atoms with Crippen LogP contribution in [0.15, 0.2) is 60.7 Å². The van der Waals surface area contributed by atoms with Crippen molar-refractivity contribution in [3.63, 3.8) is 0 Å². The lowest BCUT2D eigenvalue weighted by Gasteiger charge is -2.07. The third-order valence-corrected chi connectivity index (χ3v) is 3.66. The van der Waals surface area contributed by atoms with Crippen LogP contribution >= 0.6 is 0 Å². The second-order valence-electron chi connectivity index (χ2n) is 5.40. The number of hydrogen-bond acceptors (Lipinski definition) is 4. The highest BCUT2D eigenvalue weighted by molar-refractivity contribution is 5.63. The first-order chi connectivity index (χ1) is 12.1. The highest BCUT2D eigenvalue weighted by atomic mass is 19.1. The van der Waals surface area contributed by atoms with Crippen LogP contribution < -0.4 is 11.0 Å². The molecule has 0 saturated heterocycles. The Kier molecular flexibility index (Phi) is 7.13. The van der Waals surface area contributed by atoms with Crippen LogP contribution in [-0.4, -0.2) is 10.4 Å². The molecule has 6 heteroatoms. The Labute approximate surface area is 145 Å². The number of nitrogens with one attached hydrogen (secondary N) is 2. The molecule has 0 aliphatic rings. The quantitative estimate of drug-likeness (QED) is 0.420. The van der Waals surface area contributed by atoms with Gasteiger partial charge in [-0.25, -0.2) is 8.78 Å². The molecule has 0 atom stereocenters. The van der Waals surface area contributed by atoms with E-state index in [0.717, 1.165) is 6.42 Å². The Hall–Kier alpha value is -2.70. The lowest BCUT2D eigenvalue weighted by molar-refractivity contribution is 0.224. The topological polar surface area (TPSA) is 64.5 Å². The van der Waals surface area contributed by atoms with Crippen molar-refractivity contribution in [1.29, 1.82) is 0 Å². The highest BCUT2D eigenvalue weighted by Gasteiger charge is 2.02. The fourth-order valence-corrected chi connectivity index (χ4v) is 2.33. The van der Waals surface area contributed by atoms with Crippen molar-refractivity contribution in [2.45, 2.75) is 19.3 Å². The summed E-state index contributed by atoms with van der Waals surface area (Å²) in [6, 6.07) is 11.6. The molecular weight excluding hydrogens is 326 g/mol. The number of halogens is 2. The standard InChI is InChI=1S/C19H20F2N2O2/c20-16-10-6-14(7-11-16)18(22-24)4-2-1-3-5-19(23-25)15-8-12-17(21)13-9-15/h4-13,22-25H,1-3H2/b18-4-,19-5+. The van der Waals surface area contributed by atoms with E-state index >= 15 is 0 Å². The molecule has 0 radical (unpaired) electrons. The molecule has 0 bridgehead atoms. The van der Waals surface area contributed by atoms with Crippen molar-refractivity contribution in [3.8, 4) is 0 Å². The first-order valence-corrected chi connectivity index (χ1v) is 7.86. The molecule has 4 N–H and O–H groups in total. The maximum Gasteiger partial charge on any atom is 0.123 e. The normalized spacial score (nSPS) is 12.2. The van der Waals surface area contributed by atoms with Crippen molar-refractivity contribution in [3.05, 3.63) is 83.4 Å². The molecular formula is C19H20F2N2O2. The van der Waals surface area contributed by atoms with Crippen LogP contribution in [-0.2, 0) is 0 Å². The molecule has 0 unspecified atom stereocenters. The number of hydroxylamine groups is 2. The zero-order valence-corrected chi connectivity index (χ0v) is 13.5. The lowest BCUT2D eigenvalue weighted by Crippen LogP contribution is -2.06. The predicted octanol–water partition coefficient (Wildman–Crippen LogP) is 4.47. The fourth-order valence-electron chi connectivity index (χ4n) is 2.33. The predicted molar refractivity (Wildman–Crippen MR) is 92.4 cm³/mol. The van der Waals surface area contributed by atoms with E-state index in [1.807, 2.05) is 12.2 Å². The maximum atomic E-state index is 12.9. The van der Waals surface area contributed by atoms with Crippen LogP contribution in [0.25, 0.3) is 11.4 Å². The molecule has 0 aliphatic carbocycles. The van der Waals surface area contributed by atoms with E-state index in [9.17, 15) is 19.2 Å². The highest BCUT2D eigenvalue weighted by Crippen LogP contribution is 2.16. The van der Waals surface area contributed by atoms with Gasteiger partial charge in [-0.15, -0.1) is 0 Å². The summed E-state index contributed by atoms with van der Waals surface area (Å²) in [6.45, 7) is 0. The first-order valence-electron chi connectivity index (χ1n) is 7.86. The van der Waals surface area contributed by atoms with Gasteiger partial charge in [-0.05, 0) is 78.9 Å². The van der Waals surface area contributed by atoms with Gasteiger partial charge in [0.2, 0.25) is 0 Å². The van der Waals surface area contributed by atoms with E-state index in [1.54, 1.807) is 24.3 Å². The molecule has 0 fully saturated rings. The average Bonchev–Trinajstić information content (AvgIpc) is 2.63. The van der Waals surface area contributed by atoms with Gasteiger partial charge in [0.1, 0.15) is 11.6 Å². The third-order valence-electron chi connectivity index (χ3n) is 3.66. The molecule has 132 valence electrons. The Morgan fingerprint density at radius 3 is 1.40 bits per heavy atom. The summed E-state index contributed by atoms with van der Waals surface area (Å²) in [4.78, 5) is 0. The smallest absolute Gasteiger partial charge is 0.123 e. The Morgan fingerprint density at radius 1 is 0.720 bits per heavy atom. The maximum absolute atomic E-state index is 12.9. The molecule has 0 spiro atoms. The van der Waals surface area contributed by atoms with Crippen LogP contribution in [0.1, 0.15) is 30.4 Å². The van der Waals surface area contributed by atoms with Gasteiger partial charge in [0.15, 0.2) is 0 Å². The molecule has 0 amide bonds. The summed E-state index contributed by atoms with van der Waals surface area (Å²) in [7, 11) is 0. The molecule has 2 aromatic carbocycles. The van der Waals surface area contributed by atoms with Gasteiger partial charge in [-0.3, -0.25) is 21.4 Å². The van der Waals surface area contributed by atoms with E-state index in [2.05, 4.69) is 11.0 Å². The minimum Gasteiger partial charge on any atom is -0.291 e. The lowest BCUT2D eigenvalue weighted by atomic mass is 10.1. The summed E-state index contributed by atoms with van der Waals surface area (Å²) >= 11 is 0. The molecule has 0 heterocycles. The van der Waals surface area contributed by atoms with Crippen LogP contribution in [0.3, 0.4) is 0 Å². The minimum atomic E-state index is -0.337. The number of benzene rings is 2. The van der Waals surface area contributed by atoms with E-state index in [0.29, 0.717) is 35.4 Å². The van der Waals surface area contributed by atoms with Gasteiger partial charge >= 0.3 is 0 Å². The number of unbranched alkanes of at least 4 members (excludes halogenated alkanes) is 2. The molecule has 2 aromatic rings. The monoisotopic (exact) mass is 346 g/mol. The summed E-state index contributed by atoms with van der Waals surface area (Å²) in [5, 5.41) is 18.4. The SMILES string of the molecule is ON/C(=C\CCC/C=C(/NO)c1ccc(F)cc1)c1ccc(F)cc1. The molecule has 2 rings (SSSR count). The van der Waals surface area contributed by atoms with E-state index in [-0.39, 0.29) is 11.6 Å². The molecule has 0 aliphatic heterocycles. The van der Waals surface area contributed by atoms with Crippen molar-refractivity contribution in [2.75, 3.05) is 0 Å². The molecule has 25 heavy (non-hydrogen) atoms. The van der Waals surface area contributed by atoms with E-state index < -0.39 is 0 Å². The van der Waals surface area contributed by atoms with Gasteiger partial charge < -0.3 is 0 Å². The first kappa shape index (κ1) is 18.6. The number of hydrogen-bond donors (Lipinski definition) is 4. The van der Waals surface area contributed by atoms with E-state index in [1.165, 1.54) is 24.3 Å². The van der Waals surface area contributed by atoms with E-state index in [4.69, 9.17) is 0 Å².